The van der Waals surface area contributed by atoms with Crippen LogP contribution in [-0.4, -0.2) is 28.4 Å². The van der Waals surface area contributed by atoms with Crippen LogP contribution in [-0.2, 0) is 0 Å². The van der Waals surface area contributed by atoms with Crippen molar-refractivity contribution in [2.75, 3.05) is 6.54 Å². The highest BCUT2D eigenvalue weighted by molar-refractivity contribution is 5.98. The summed E-state index contributed by atoms with van der Waals surface area (Å²) in [6.45, 7) is 7.35. The summed E-state index contributed by atoms with van der Waals surface area (Å²) in [5.74, 6) is 0.732. The average Bonchev–Trinajstić information content (AvgIpc) is 2.78. The Balaban J connectivity index is 1.91. The fourth-order valence-electron chi connectivity index (χ4n) is 3.32. The molecule has 1 N–H and O–H groups in total. The summed E-state index contributed by atoms with van der Waals surface area (Å²) in [7, 11) is 0. The summed E-state index contributed by atoms with van der Waals surface area (Å²) in [6, 6.07) is 8.57. The third-order valence-electron chi connectivity index (χ3n) is 4.63. The minimum Gasteiger partial charge on any atom is -0.351 e. The second-order valence-corrected chi connectivity index (χ2v) is 6.62. The molecule has 0 radical (unpaired) electrons. The van der Waals surface area contributed by atoms with Gasteiger partial charge < -0.3 is 9.88 Å². The summed E-state index contributed by atoms with van der Waals surface area (Å²) in [5, 5.41) is 1.11. The van der Waals surface area contributed by atoms with Gasteiger partial charge in [-0.15, -0.1) is 0 Å². The zero-order valence-electron chi connectivity index (χ0n) is 13.1. The summed E-state index contributed by atoms with van der Waals surface area (Å²) >= 11 is 0. The molecule has 1 fully saturated rings. The number of amides is 1. The number of carbonyl (C=O) groups excluding carboxylic acids is 1. The minimum atomic E-state index is 0.144. The number of nitrogens with zero attached hydrogens (tertiary/aromatic N) is 1. The molecule has 3 nitrogen and oxygen atoms in total. The molecule has 21 heavy (non-hydrogen) atoms. The van der Waals surface area contributed by atoms with Gasteiger partial charge in [0, 0.05) is 23.5 Å². The van der Waals surface area contributed by atoms with E-state index in [1.165, 1.54) is 18.4 Å². The molecular weight excluding hydrogens is 260 g/mol. The number of aromatic amines is 1. The fraction of sp³-hybridized carbons (Fsp3) is 0.500. The first-order chi connectivity index (χ1) is 10.0. The number of likely N-dealkylation sites (tertiary alicyclic amines) is 1. The van der Waals surface area contributed by atoms with E-state index in [1.54, 1.807) is 0 Å². The first-order valence-electron chi connectivity index (χ1n) is 7.95. The predicted molar refractivity (Wildman–Crippen MR) is 86.5 cm³/mol. The Bertz CT molecular complexity index is 658. The molecule has 0 saturated carbocycles. The zero-order valence-corrected chi connectivity index (χ0v) is 13.1. The molecule has 112 valence electrons. The normalized spacial score (nSPS) is 23.3. The van der Waals surface area contributed by atoms with Crippen LogP contribution in [0.4, 0.5) is 0 Å². The van der Waals surface area contributed by atoms with Gasteiger partial charge in [0.05, 0.1) is 0 Å². The van der Waals surface area contributed by atoms with E-state index in [4.69, 9.17) is 0 Å². The predicted octanol–water partition coefficient (Wildman–Crippen LogP) is 4.13. The van der Waals surface area contributed by atoms with E-state index in [0.717, 1.165) is 29.6 Å². The number of hydrogen-bond donors (Lipinski definition) is 1. The molecule has 0 unspecified atom stereocenters. The van der Waals surface area contributed by atoms with Crippen LogP contribution in [0.5, 0.6) is 0 Å². The molecule has 1 aromatic carbocycles. The molecule has 3 heteroatoms. The molecule has 0 bridgehead atoms. The van der Waals surface area contributed by atoms with Gasteiger partial charge in [0.2, 0.25) is 0 Å². The Morgan fingerprint density at radius 2 is 2.05 bits per heavy atom. The lowest BCUT2D eigenvalue weighted by Crippen LogP contribution is -2.40. The largest absolute Gasteiger partial charge is 0.351 e. The van der Waals surface area contributed by atoms with Gasteiger partial charge in [0.1, 0.15) is 5.69 Å². The van der Waals surface area contributed by atoms with Gasteiger partial charge in [0.15, 0.2) is 0 Å². The van der Waals surface area contributed by atoms with Gasteiger partial charge in [0.25, 0.3) is 5.91 Å². The second kappa shape index (κ2) is 5.55. The number of aromatic nitrogens is 1. The van der Waals surface area contributed by atoms with Crippen LogP contribution in [0.2, 0.25) is 0 Å². The van der Waals surface area contributed by atoms with Gasteiger partial charge in [-0.05, 0) is 50.3 Å². The Labute approximate surface area is 126 Å². The Hall–Kier alpha value is -1.77. The minimum absolute atomic E-state index is 0.144. The van der Waals surface area contributed by atoms with Crippen molar-refractivity contribution in [1.29, 1.82) is 0 Å². The molecule has 0 aliphatic carbocycles. The number of H-pyrrole nitrogens is 1. The number of rotatable bonds is 1. The number of nitrogens with one attached hydrogen (secondary N) is 1. The van der Waals surface area contributed by atoms with Crippen molar-refractivity contribution in [2.24, 2.45) is 5.92 Å². The highest BCUT2D eigenvalue weighted by Gasteiger charge is 2.26. The Morgan fingerprint density at radius 1 is 1.24 bits per heavy atom. The number of fused-ring (bicyclic) bond motifs is 1. The molecule has 1 saturated heterocycles. The maximum atomic E-state index is 12.9. The molecule has 2 atom stereocenters. The number of aryl methyl sites for hydroxylation is 1. The van der Waals surface area contributed by atoms with Crippen LogP contribution >= 0.6 is 0 Å². The van der Waals surface area contributed by atoms with Crippen molar-refractivity contribution >= 4 is 16.8 Å². The molecular formula is C18H24N2O. The molecule has 1 aliphatic heterocycles. The molecule has 1 aliphatic rings. The van der Waals surface area contributed by atoms with Crippen LogP contribution in [0.1, 0.15) is 49.2 Å². The van der Waals surface area contributed by atoms with Crippen molar-refractivity contribution in [2.45, 2.75) is 46.1 Å². The molecule has 2 heterocycles. The summed E-state index contributed by atoms with van der Waals surface area (Å²) < 4.78 is 0. The standard InChI is InChI=1S/C18H24N2O/c1-12-7-8-15-10-17(19-16(15)9-12)18(21)20-11-13(2)5-4-6-14(20)3/h7-10,13-14,19H,4-6,11H2,1-3H3/t13-,14-/m0/s1. The Kier molecular flexibility index (Phi) is 3.75. The van der Waals surface area contributed by atoms with Crippen molar-refractivity contribution < 1.29 is 4.79 Å². The van der Waals surface area contributed by atoms with Crippen LogP contribution in [0.25, 0.3) is 10.9 Å². The lowest BCUT2D eigenvalue weighted by molar-refractivity contribution is 0.0672. The van der Waals surface area contributed by atoms with E-state index in [-0.39, 0.29) is 5.91 Å². The molecule has 3 rings (SSSR count). The maximum absolute atomic E-state index is 12.9. The highest BCUT2D eigenvalue weighted by Crippen LogP contribution is 2.24. The molecule has 2 aromatic rings. The van der Waals surface area contributed by atoms with Gasteiger partial charge >= 0.3 is 0 Å². The highest BCUT2D eigenvalue weighted by atomic mass is 16.2. The van der Waals surface area contributed by atoms with E-state index >= 15 is 0 Å². The van der Waals surface area contributed by atoms with Gasteiger partial charge in [-0.2, -0.15) is 0 Å². The van der Waals surface area contributed by atoms with E-state index in [0.29, 0.717) is 12.0 Å². The quantitative estimate of drug-likeness (QED) is 0.840. The maximum Gasteiger partial charge on any atom is 0.270 e. The lowest BCUT2D eigenvalue weighted by atomic mass is 10.1. The number of carbonyl (C=O) groups is 1. The fourth-order valence-corrected chi connectivity index (χ4v) is 3.32. The van der Waals surface area contributed by atoms with E-state index in [1.807, 2.05) is 6.07 Å². The topological polar surface area (TPSA) is 36.1 Å². The number of hydrogen-bond acceptors (Lipinski definition) is 1. The summed E-state index contributed by atoms with van der Waals surface area (Å²) in [6.07, 6.45) is 3.55. The first-order valence-corrected chi connectivity index (χ1v) is 7.95. The molecule has 1 amide bonds. The van der Waals surface area contributed by atoms with Crippen LogP contribution < -0.4 is 0 Å². The average molecular weight is 284 g/mol. The van der Waals surface area contributed by atoms with Crippen molar-refractivity contribution in [3.05, 3.63) is 35.5 Å². The van der Waals surface area contributed by atoms with E-state index in [9.17, 15) is 4.79 Å². The molecule has 1 aromatic heterocycles. The number of benzene rings is 1. The first kappa shape index (κ1) is 14.2. The second-order valence-electron chi connectivity index (χ2n) is 6.62. The van der Waals surface area contributed by atoms with Gasteiger partial charge in [-0.1, -0.05) is 25.5 Å². The van der Waals surface area contributed by atoms with E-state index in [2.05, 4.69) is 48.9 Å². The molecule has 0 spiro atoms. The third-order valence-corrected chi connectivity index (χ3v) is 4.63. The van der Waals surface area contributed by atoms with Crippen LogP contribution in [0.3, 0.4) is 0 Å². The van der Waals surface area contributed by atoms with Crippen molar-refractivity contribution in [1.82, 2.24) is 9.88 Å². The van der Waals surface area contributed by atoms with Gasteiger partial charge in [-0.25, -0.2) is 0 Å². The zero-order chi connectivity index (χ0) is 15.0. The van der Waals surface area contributed by atoms with Crippen LogP contribution in [0.15, 0.2) is 24.3 Å². The lowest BCUT2D eigenvalue weighted by Gasteiger charge is -2.28. The van der Waals surface area contributed by atoms with Gasteiger partial charge in [-0.3, -0.25) is 4.79 Å². The summed E-state index contributed by atoms with van der Waals surface area (Å²) in [5.41, 5.74) is 2.98. The summed E-state index contributed by atoms with van der Waals surface area (Å²) in [4.78, 5) is 18.2. The SMILES string of the molecule is Cc1ccc2cc(C(=O)N3C[C@@H](C)CCC[C@@H]3C)[nH]c2c1. The smallest absolute Gasteiger partial charge is 0.270 e. The monoisotopic (exact) mass is 284 g/mol. The van der Waals surface area contributed by atoms with E-state index < -0.39 is 0 Å². The Morgan fingerprint density at radius 3 is 2.86 bits per heavy atom. The third kappa shape index (κ3) is 2.82. The van der Waals surface area contributed by atoms with Crippen molar-refractivity contribution in [3.8, 4) is 0 Å². The van der Waals surface area contributed by atoms with Crippen LogP contribution in [0, 0.1) is 12.8 Å². The van der Waals surface area contributed by atoms with Crippen molar-refractivity contribution in [3.63, 3.8) is 0 Å².